The van der Waals surface area contributed by atoms with Crippen LogP contribution in [0.1, 0.15) is 23.5 Å². The second kappa shape index (κ2) is 11.7. The van der Waals surface area contributed by atoms with Crippen LogP contribution in [-0.2, 0) is 17.8 Å². The molecule has 0 atom stereocenters. The van der Waals surface area contributed by atoms with Crippen LogP contribution >= 0.6 is 47.8 Å². The van der Waals surface area contributed by atoms with Gasteiger partial charge >= 0.3 is 0 Å². The van der Waals surface area contributed by atoms with E-state index in [4.69, 9.17) is 16.3 Å². The fourth-order valence-corrected chi connectivity index (χ4v) is 3.68. The van der Waals surface area contributed by atoms with Crippen LogP contribution in [0.3, 0.4) is 0 Å². The van der Waals surface area contributed by atoms with Gasteiger partial charge in [0.25, 0.3) is 0 Å². The summed E-state index contributed by atoms with van der Waals surface area (Å²) in [5.74, 6) is 0.880. The molecule has 150 valence electrons. The van der Waals surface area contributed by atoms with Crippen molar-refractivity contribution in [2.75, 3.05) is 20.1 Å². The van der Waals surface area contributed by atoms with E-state index < -0.39 is 0 Å². The summed E-state index contributed by atoms with van der Waals surface area (Å²) in [5.41, 5.74) is 0.811. The summed E-state index contributed by atoms with van der Waals surface area (Å²) in [4.78, 5) is 18.9. The van der Waals surface area contributed by atoms with E-state index in [1.54, 1.807) is 12.1 Å². The average Bonchev–Trinajstić information content (AvgIpc) is 3.08. The number of benzene rings is 1. The maximum Gasteiger partial charge on any atom is 0.228 e. The van der Waals surface area contributed by atoms with Crippen molar-refractivity contribution in [3.63, 3.8) is 0 Å². The monoisotopic (exact) mass is 451 g/mol. The van der Waals surface area contributed by atoms with Crippen molar-refractivity contribution in [3.05, 3.63) is 45.4 Å². The molecule has 0 aliphatic carbocycles. The molecule has 5 nitrogen and oxygen atoms in total. The molecule has 1 amide bonds. The lowest BCUT2D eigenvalue weighted by atomic mass is 10.0. The molecule has 1 aliphatic heterocycles. The number of halogens is 3. The van der Waals surface area contributed by atoms with Gasteiger partial charge in [-0.3, -0.25) is 4.79 Å². The van der Waals surface area contributed by atoms with Crippen molar-refractivity contribution in [1.82, 2.24) is 15.2 Å². The maximum atomic E-state index is 12.5. The van der Waals surface area contributed by atoms with Crippen LogP contribution in [0.15, 0.2) is 29.6 Å². The second-order valence-corrected chi connectivity index (χ2v) is 7.52. The van der Waals surface area contributed by atoms with Gasteiger partial charge in [-0.25, -0.2) is 4.98 Å². The minimum absolute atomic E-state index is 0. The zero-order valence-corrected chi connectivity index (χ0v) is 18.2. The number of carbonyl (C=O) groups is 1. The normalized spacial score (nSPS) is 14.0. The standard InChI is InChI=1S/C18H22ClN3O2S.2ClH/c1-22(15-6-8-20-9-7-15)18(23)10-14-12-25-17(21-14)11-24-16-4-2-13(19)3-5-16;;/h2-5,12,15,20H,6-11H2,1H3;2*1H. The van der Waals surface area contributed by atoms with E-state index in [1.165, 1.54) is 11.3 Å². The molecule has 0 radical (unpaired) electrons. The molecular weight excluding hydrogens is 429 g/mol. The summed E-state index contributed by atoms with van der Waals surface area (Å²) in [5, 5.41) is 6.81. The molecule has 9 heteroatoms. The summed E-state index contributed by atoms with van der Waals surface area (Å²) < 4.78 is 5.69. The molecule has 1 fully saturated rings. The molecule has 0 bridgehead atoms. The van der Waals surface area contributed by atoms with E-state index in [-0.39, 0.29) is 30.7 Å². The third-order valence-electron chi connectivity index (χ3n) is 4.36. The number of hydrogen-bond donors (Lipinski definition) is 1. The average molecular weight is 453 g/mol. The SMILES string of the molecule is CN(C(=O)Cc1csc(COc2ccc(Cl)cc2)n1)C1CCNCC1.Cl.Cl. The molecule has 1 aliphatic rings. The van der Waals surface area contributed by atoms with E-state index in [9.17, 15) is 4.79 Å². The summed E-state index contributed by atoms with van der Waals surface area (Å²) in [6, 6.07) is 7.57. The minimum atomic E-state index is 0. The molecule has 0 spiro atoms. The summed E-state index contributed by atoms with van der Waals surface area (Å²) in [6.45, 7) is 2.35. The highest BCUT2D eigenvalue weighted by Crippen LogP contribution is 2.19. The zero-order valence-electron chi connectivity index (χ0n) is 15.0. The van der Waals surface area contributed by atoms with Crippen LogP contribution in [0, 0.1) is 0 Å². The lowest BCUT2D eigenvalue weighted by Gasteiger charge is -2.31. The molecule has 1 aromatic heterocycles. The van der Waals surface area contributed by atoms with Gasteiger partial charge in [-0.2, -0.15) is 0 Å². The Labute approximate surface area is 181 Å². The number of ether oxygens (including phenoxy) is 1. The number of hydrogen-bond acceptors (Lipinski definition) is 5. The van der Waals surface area contributed by atoms with Gasteiger partial charge in [-0.1, -0.05) is 11.6 Å². The van der Waals surface area contributed by atoms with Crippen LogP contribution in [0.4, 0.5) is 0 Å². The van der Waals surface area contributed by atoms with E-state index in [0.29, 0.717) is 24.1 Å². The van der Waals surface area contributed by atoms with Gasteiger partial charge in [0.1, 0.15) is 17.4 Å². The Morgan fingerprint density at radius 1 is 1.30 bits per heavy atom. The van der Waals surface area contributed by atoms with E-state index in [0.717, 1.165) is 42.4 Å². The highest BCUT2D eigenvalue weighted by Gasteiger charge is 2.22. The summed E-state index contributed by atoms with van der Waals surface area (Å²) in [6.07, 6.45) is 2.37. The van der Waals surface area contributed by atoms with Gasteiger partial charge in [0.2, 0.25) is 5.91 Å². The number of nitrogens with one attached hydrogen (secondary N) is 1. The Hall–Kier alpha value is -1.05. The van der Waals surface area contributed by atoms with Crippen molar-refractivity contribution in [3.8, 4) is 5.75 Å². The Bertz CT molecular complexity index is 706. The Morgan fingerprint density at radius 2 is 1.96 bits per heavy atom. The van der Waals surface area contributed by atoms with Gasteiger partial charge in [-0.15, -0.1) is 36.2 Å². The lowest BCUT2D eigenvalue weighted by Crippen LogP contribution is -2.44. The molecule has 1 saturated heterocycles. The third-order valence-corrected chi connectivity index (χ3v) is 5.48. The molecular formula is C18H24Cl3N3O2S. The molecule has 2 heterocycles. The van der Waals surface area contributed by atoms with Crippen molar-refractivity contribution < 1.29 is 9.53 Å². The molecule has 27 heavy (non-hydrogen) atoms. The van der Waals surface area contributed by atoms with Crippen LogP contribution in [0.5, 0.6) is 5.75 Å². The Morgan fingerprint density at radius 3 is 2.63 bits per heavy atom. The minimum Gasteiger partial charge on any atom is -0.486 e. The Balaban J connectivity index is 0.00000182. The summed E-state index contributed by atoms with van der Waals surface area (Å²) >= 11 is 7.38. The van der Waals surface area contributed by atoms with E-state index in [1.807, 2.05) is 29.5 Å². The van der Waals surface area contributed by atoms with Gasteiger partial charge < -0.3 is 15.0 Å². The molecule has 0 unspecified atom stereocenters. The number of carbonyl (C=O) groups excluding carboxylic acids is 1. The molecule has 1 N–H and O–H groups in total. The van der Waals surface area contributed by atoms with Crippen molar-refractivity contribution in [2.45, 2.75) is 31.9 Å². The lowest BCUT2D eigenvalue weighted by molar-refractivity contribution is -0.131. The number of thiazole rings is 1. The maximum absolute atomic E-state index is 12.5. The van der Waals surface area contributed by atoms with Gasteiger partial charge in [-0.05, 0) is 50.2 Å². The number of aromatic nitrogens is 1. The number of nitrogens with zero attached hydrogens (tertiary/aromatic N) is 2. The fraction of sp³-hybridized carbons (Fsp3) is 0.444. The van der Waals surface area contributed by atoms with Gasteiger partial charge in [0.05, 0.1) is 12.1 Å². The topological polar surface area (TPSA) is 54.5 Å². The molecule has 2 aromatic rings. The second-order valence-electron chi connectivity index (χ2n) is 6.14. The summed E-state index contributed by atoms with van der Waals surface area (Å²) in [7, 11) is 1.90. The number of piperidine rings is 1. The molecule has 1 aromatic carbocycles. The fourth-order valence-electron chi connectivity index (χ4n) is 2.85. The first-order valence-corrected chi connectivity index (χ1v) is 9.65. The van der Waals surface area contributed by atoms with E-state index >= 15 is 0 Å². The number of amides is 1. The van der Waals surface area contributed by atoms with Gasteiger partial charge in [0, 0.05) is 23.5 Å². The van der Waals surface area contributed by atoms with Crippen molar-refractivity contribution in [2.24, 2.45) is 0 Å². The van der Waals surface area contributed by atoms with Crippen LogP contribution < -0.4 is 10.1 Å². The first-order valence-electron chi connectivity index (χ1n) is 8.40. The van der Waals surface area contributed by atoms with Crippen LogP contribution in [0.2, 0.25) is 5.02 Å². The first kappa shape index (κ1) is 24.0. The Kier molecular flexibility index (Phi) is 10.4. The molecule has 0 saturated carbocycles. The van der Waals surface area contributed by atoms with Crippen LogP contribution in [0.25, 0.3) is 0 Å². The zero-order chi connectivity index (χ0) is 17.6. The number of likely N-dealkylation sites (N-methyl/N-ethyl adjacent to an activating group) is 1. The van der Waals surface area contributed by atoms with Gasteiger partial charge in [0.15, 0.2) is 0 Å². The van der Waals surface area contributed by atoms with Crippen LogP contribution in [-0.4, -0.2) is 42.0 Å². The highest BCUT2D eigenvalue weighted by atomic mass is 35.5. The van der Waals surface area contributed by atoms with Crippen molar-refractivity contribution in [1.29, 1.82) is 0 Å². The van der Waals surface area contributed by atoms with E-state index in [2.05, 4.69) is 10.3 Å². The quantitative estimate of drug-likeness (QED) is 0.720. The highest BCUT2D eigenvalue weighted by molar-refractivity contribution is 7.09. The smallest absolute Gasteiger partial charge is 0.228 e. The largest absolute Gasteiger partial charge is 0.486 e. The predicted octanol–water partition coefficient (Wildman–Crippen LogP) is 3.97. The number of rotatable bonds is 6. The molecule has 3 rings (SSSR count). The predicted molar refractivity (Wildman–Crippen MR) is 115 cm³/mol. The van der Waals surface area contributed by atoms with Crippen molar-refractivity contribution >= 4 is 53.7 Å². The first-order chi connectivity index (χ1) is 12.1. The third kappa shape index (κ3) is 7.12.